The first-order chi connectivity index (χ1) is 8.86. The Bertz CT molecular complexity index is 391. The summed E-state index contributed by atoms with van der Waals surface area (Å²) in [6, 6.07) is 4.90. The van der Waals surface area contributed by atoms with Crippen LogP contribution in [-0.4, -0.2) is 54.4 Å². The Morgan fingerprint density at radius 2 is 2.22 bits per heavy atom. The molecule has 3 rings (SSSR count). The molecular formula is C13H21N5. The minimum atomic E-state index is 0.734. The molecule has 0 spiro atoms. The van der Waals surface area contributed by atoms with Crippen LogP contribution in [0.15, 0.2) is 12.1 Å². The van der Waals surface area contributed by atoms with Crippen molar-refractivity contribution in [2.75, 3.05) is 38.1 Å². The van der Waals surface area contributed by atoms with E-state index in [1.54, 1.807) is 0 Å². The van der Waals surface area contributed by atoms with Crippen LogP contribution in [0.5, 0.6) is 0 Å². The van der Waals surface area contributed by atoms with Crippen LogP contribution in [0.3, 0.4) is 0 Å². The summed E-state index contributed by atoms with van der Waals surface area (Å²) < 4.78 is 0. The monoisotopic (exact) mass is 247 g/mol. The third-order valence-electron chi connectivity index (χ3n) is 3.97. The zero-order valence-corrected chi connectivity index (χ0v) is 11.0. The Morgan fingerprint density at radius 3 is 3.00 bits per heavy atom. The van der Waals surface area contributed by atoms with Crippen LogP contribution in [0, 0.1) is 0 Å². The molecule has 5 heteroatoms. The van der Waals surface area contributed by atoms with Crippen molar-refractivity contribution < 1.29 is 0 Å². The molecule has 1 atom stereocenters. The van der Waals surface area contributed by atoms with E-state index in [-0.39, 0.29) is 0 Å². The van der Waals surface area contributed by atoms with E-state index >= 15 is 0 Å². The van der Waals surface area contributed by atoms with Gasteiger partial charge >= 0.3 is 0 Å². The van der Waals surface area contributed by atoms with Crippen molar-refractivity contribution in [1.29, 1.82) is 0 Å². The molecule has 2 aliphatic heterocycles. The predicted octanol–water partition coefficient (Wildman–Crippen LogP) is 0.480. The van der Waals surface area contributed by atoms with Gasteiger partial charge in [-0.15, -0.1) is 5.10 Å². The van der Waals surface area contributed by atoms with Crippen molar-refractivity contribution in [3.63, 3.8) is 0 Å². The maximum absolute atomic E-state index is 4.35. The number of aromatic nitrogens is 2. The van der Waals surface area contributed by atoms with Gasteiger partial charge in [-0.05, 0) is 38.6 Å². The number of fused-ring (bicyclic) bond motifs is 1. The summed E-state index contributed by atoms with van der Waals surface area (Å²) in [5.74, 6) is 1.03. The highest BCUT2D eigenvalue weighted by molar-refractivity contribution is 5.38. The van der Waals surface area contributed by atoms with Gasteiger partial charge in [0.15, 0.2) is 5.82 Å². The number of hydrogen-bond acceptors (Lipinski definition) is 5. The summed E-state index contributed by atoms with van der Waals surface area (Å²) in [5, 5.41) is 11.7. The molecule has 1 N–H and O–H groups in total. The third kappa shape index (κ3) is 2.33. The molecule has 0 radical (unpaired) electrons. The maximum atomic E-state index is 4.35. The summed E-state index contributed by atoms with van der Waals surface area (Å²) in [4.78, 5) is 4.99. The molecule has 98 valence electrons. The van der Waals surface area contributed by atoms with Crippen molar-refractivity contribution in [3.05, 3.63) is 17.8 Å². The van der Waals surface area contributed by atoms with Gasteiger partial charge in [0, 0.05) is 32.2 Å². The molecule has 0 amide bonds. The fraction of sp³-hybridized carbons (Fsp3) is 0.692. The fourth-order valence-electron chi connectivity index (χ4n) is 3.00. The summed E-state index contributed by atoms with van der Waals surface area (Å²) in [7, 11) is 1.93. The Balaban J connectivity index is 1.67. The first-order valence-corrected chi connectivity index (χ1v) is 6.83. The van der Waals surface area contributed by atoms with Crippen molar-refractivity contribution in [2.24, 2.45) is 0 Å². The predicted molar refractivity (Wildman–Crippen MR) is 71.6 cm³/mol. The third-order valence-corrected chi connectivity index (χ3v) is 3.97. The molecule has 2 saturated heterocycles. The molecule has 0 aromatic carbocycles. The highest BCUT2D eigenvalue weighted by Crippen LogP contribution is 2.23. The van der Waals surface area contributed by atoms with E-state index in [0.29, 0.717) is 0 Å². The van der Waals surface area contributed by atoms with Gasteiger partial charge in [-0.3, -0.25) is 4.90 Å². The smallest absolute Gasteiger partial charge is 0.151 e. The number of nitrogens with one attached hydrogen (secondary N) is 1. The lowest BCUT2D eigenvalue weighted by Crippen LogP contribution is -2.50. The van der Waals surface area contributed by atoms with E-state index < -0.39 is 0 Å². The normalized spacial score (nSPS) is 24.3. The summed E-state index contributed by atoms with van der Waals surface area (Å²) in [6.07, 6.45) is 2.69. The number of nitrogens with zero attached hydrogens (tertiary/aromatic N) is 4. The number of hydrogen-bond donors (Lipinski definition) is 1. The summed E-state index contributed by atoms with van der Waals surface area (Å²) >= 11 is 0. The Morgan fingerprint density at radius 1 is 1.28 bits per heavy atom. The molecule has 1 unspecified atom stereocenters. The van der Waals surface area contributed by atoms with Gasteiger partial charge in [0.2, 0.25) is 0 Å². The molecule has 18 heavy (non-hydrogen) atoms. The van der Waals surface area contributed by atoms with Gasteiger partial charge < -0.3 is 10.2 Å². The highest BCUT2D eigenvalue weighted by Gasteiger charge is 2.30. The second-order valence-electron chi connectivity index (χ2n) is 5.19. The standard InChI is InChI=1S/C13H21N5/c1-14-9-11-4-5-13(16-15-11)18-8-7-17-6-2-3-12(17)10-18/h4-5,12,14H,2-3,6-10H2,1H3. The van der Waals surface area contributed by atoms with E-state index in [1.165, 1.54) is 25.9 Å². The van der Waals surface area contributed by atoms with E-state index in [1.807, 2.05) is 7.05 Å². The minimum absolute atomic E-state index is 0.734. The summed E-state index contributed by atoms with van der Waals surface area (Å²) in [6.45, 7) is 5.43. The molecular weight excluding hydrogens is 226 g/mol. The first kappa shape index (κ1) is 11.9. The molecule has 1 aromatic heterocycles. The van der Waals surface area contributed by atoms with Crippen LogP contribution in [0.1, 0.15) is 18.5 Å². The first-order valence-electron chi connectivity index (χ1n) is 6.83. The number of rotatable bonds is 3. The van der Waals surface area contributed by atoms with E-state index in [9.17, 15) is 0 Å². The quantitative estimate of drug-likeness (QED) is 0.841. The molecule has 1 aromatic rings. The molecule has 2 fully saturated rings. The van der Waals surface area contributed by atoms with Gasteiger partial charge in [-0.25, -0.2) is 0 Å². The highest BCUT2D eigenvalue weighted by atomic mass is 15.3. The van der Waals surface area contributed by atoms with Gasteiger partial charge in [0.1, 0.15) is 0 Å². The van der Waals surface area contributed by atoms with Gasteiger partial charge in [0.05, 0.1) is 5.69 Å². The topological polar surface area (TPSA) is 44.3 Å². The lowest BCUT2D eigenvalue weighted by molar-refractivity contribution is 0.230. The van der Waals surface area contributed by atoms with Crippen molar-refractivity contribution >= 4 is 5.82 Å². The van der Waals surface area contributed by atoms with Gasteiger partial charge in [-0.2, -0.15) is 5.10 Å². The van der Waals surface area contributed by atoms with Gasteiger partial charge in [0.25, 0.3) is 0 Å². The molecule has 0 aliphatic carbocycles. The van der Waals surface area contributed by atoms with E-state index in [0.717, 1.165) is 37.2 Å². The fourth-order valence-corrected chi connectivity index (χ4v) is 3.00. The van der Waals surface area contributed by atoms with Crippen LogP contribution >= 0.6 is 0 Å². The lowest BCUT2D eigenvalue weighted by Gasteiger charge is -2.37. The lowest BCUT2D eigenvalue weighted by atomic mass is 10.1. The second kappa shape index (κ2) is 5.20. The maximum Gasteiger partial charge on any atom is 0.151 e. The zero-order valence-electron chi connectivity index (χ0n) is 11.0. The van der Waals surface area contributed by atoms with E-state index in [2.05, 4.69) is 37.4 Å². The molecule has 0 saturated carbocycles. The van der Waals surface area contributed by atoms with E-state index in [4.69, 9.17) is 0 Å². The van der Waals surface area contributed by atoms with Crippen LogP contribution in [-0.2, 0) is 6.54 Å². The van der Waals surface area contributed by atoms with Crippen molar-refractivity contribution in [3.8, 4) is 0 Å². The second-order valence-corrected chi connectivity index (χ2v) is 5.19. The number of piperazine rings is 1. The number of anilines is 1. The molecule has 3 heterocycles. The van der Waals surface area contributed by atoms with Gasteiger partial charge in [-0.1, -0.05) is 0 Å². The van der Waals surface area contributed by atoms with Crippen LogP contribution in [0.2, 0.25) is 0 Å². The average molecular weight is 247 g/mol. The van der Waals surface area contributed by atoms with Crippen LogP contribution in [0.4, 0.5) is 5.82 Å². The molecule has 2 aliphatic rings. The summed E-state index contributed by atoms with van der Waals surface area (Å²) in [5.41, 5.74) is 1.00. The molecule has 5 nitrogen and oxygen atoms in total. The van der Waals surface area contributed by atoms with Crippen molar-refractivity contribution in [1.82, 2.24) is 20.4 Å². The Kier molecular flexibility index (Phi) is 3.43. The average Bonchev–Trinajstić information content (AvgIpc) is 2.87. The Labute approximate surface area is 108 Å². The largest absolute Gasteiger partial charge is 0.352 e. The van der Waals surface area contributed by atoms with Crippen molar-refractivity contribution in [2.45, 2.75) is 25.4 Å². The Hall–Kier alpha value is -1.20. The zero-order chi connectivity index (χ0) is 12.4. The van der Waals surface area contributed by atoms with Crippen LogP contribution < -0.4 is 10.2 Å². The molecule has 0 bridgehead atoms. The minimum Gasteiger partial charge on any atom is -0.352 e. The van der Waals surface area contributed by atoms with Crippen LogP contribution in [0.25, 0.3) is 0 Å². The SMILES string of the molecule is CNCc1ccc(N2CCN3CCCC3C2)nn1.